The molecule has 0 amide bonds. The van der Waals surface area contributed by atoms with Gasteiger partial charge < -0.3 is 65.6 Å². The molecule has 12 aromatic heterocycles. The number of hydrogen-bond acceptors (Lipinski definition) is 23. The molecule has 0 N–H and O–H groups in total. The molecule has 14 heterocycles. The number of aromatic nitrogens is 16. The van der Waals surface area contributed by atoms with E-state index in [-0.39, 0.29) is 86.9 Å². The minimum atomic E-state index is -0.980. The molecule has 16 aromatic rings. The van der Waals surface area contributed by atoms with Crippen LogP contribution in [-0.4, -0.2) is 185 Å². The molecule has 2 saturated heterocycles. The van der Waals surface area contributed by atoms with Crippen molar-refractivity contribution in [3.63, 3.8) is 0 Å². The number of ether oxygens (including phenoxy) is 10. The van der Waals surface area contributed by atoms with E-state index in [0.29, 0.717) is 98.5 Å². The van der Waals surface area contributed by atoms with Crippen LogP contribution in [0.4, 0.5) is 35.1 Å². The number of morpholine rings is 1. The number of halogens is 8. The van der Waals surface area contributed by atoms with Gasteiger partial charge in [0, 0.05) is 184 Å². The first-order valence-electron chi connectivity index (χ1n) is 43.5. The number of benzene rings is 4. The van der Waals surface area contributed by atoms with Crippen molar-refractivity contribution in [1.82, 2.24) is 82.2 Å². The average Bonchev–Trinajstić information content (AvgIpc) is 1.64. The average molecular weight is 1890 g/mol. The van der Waals surface area contributed by atoms with Crippen molar-refractivity contribution in [3.8, 4) is 136 Å². The van der Waals surface area contributed by atoms with Gasteiger partial charge in [-0.2, -0.15) is 20.4 Å². The van der Waals surface area contributed by atoms with E-state index in [9.17, 15) is 19.2 Å². The van der Waals surface area contributed by atoms with Gasteiger partial charge in [0.1, 0.15) is 0 Å². The van der Waals surface area contributed by atoms with Crippen LogP contribution < -0.4 is 60.1 Å². The Hall–Kier alpha value is -15.1. The normalized spacial score (nSPS) is 13.8. The molecule has 1 saturated carbocycles. The summed E-state index contributed by atoms with van der Waals surface area (Å²) in [5, 5.41) is 19.2. The smallest absolute Gasteiger partial charge is 0.259 e. The SMILES string of the molecule is CCn1c(=O)c(-c2c(F)c(OC)cc(OC)c2F)cc2cnc(-c3cnn(CCN4CCOCC4)c3)cc21.COc1cc(OC)c(F)c(-c2cc3cnc(-c4cnn(C)c4)cc3n(C(C)C)c2=O)c1F.COc1cc(OC)c(F)c(-c2cc3cnc(-c4cnn(C)c4)cc3n(C3CCOC3)c2=O)c1F.COc1cc(OC)c(F)c(-c2cc3cnc(-c4cnn(C)c4)cc3n(CC3CC3)c2=O)c1F. The van der Waals surface area contributed by atoms with Gasteiger partial charge >= 0.3 is 0 Å². The number of pyridine rings is 8. The number of fused-ring (bicyclic) bond motifs is 4. The molecule has 19 rings (SSSR count). The second-order valence-electron chi connectivity index (χ2n) is 32.9. The molecule has 1 unspecified atom stereocenters. The van der Waals surface area contributed by atoms with Gasteiger partial charge in [-0.25, -0.2) is 35.1 Å². The third-order valence-corrected chi connectivity index (χ3v) is 24.1. The largest absolute Gasteiger partial charge is 0.494 e. The third kappa shape index (κ3) is 18.7. The zero-order chi connectivity index (χ0) is 97.2. The summed E-state index contributed by atoms with van der Waals surface area (Å²) in [4.78, 5) is 74.7. The van der Waals surface area contributed by atoms with E-state index in [1.807, 2.05) is 56.4 Å². The van der Waals surface area contributed by atoms with E-state index in [4.69, 9.17) is 47.4 Å². The molecular formula is C98H95F8N17O14. The zero-order valence-corrected chi connectivity index (χ0v) is 77.1. The van der Waals surface area contributed by atoms with Crippen LogP contribution >= 0.6 is 0 Å². The Kier molecular flexibility index (Phi) is 27.9. The Morgan fingerprint density at radius 3 is 1.06 bits per heavy atom. The molecule has 39 heteroatoms. The lowest BCUT2D eigenvalue weighted by Gasteiger charge is -2.26. The van der Waals surface area contributed by atoms with E-state index in [2.05, 4.69) is 45.2 Å². The fourth-order valence-corrected chi connectivity index (χ4v) is 16.8. The van der Waals surface area contributed by atoms with Gasteiger partial charge in [-0.15, -0.1) is 0 Å². The fourth-order valence-electron chi connectivity index (χ4n) is 16.8. The maximum absolute atomic E-state index is 15.3. The summed E-state index contributed by atoms with van der Waals surface area (Å²) in [6.45, 7) is 11.9. The summed E-state index contributed by atoms with van der Waals surface area (Å²) in [5.41, 5.74) is 3.57. The zero-order valence-electron chi connectivity index (χ0n) is 77.1. The van der Waals surface area contributed by atoms with Gasteiger partial charge in [0.25, 0.3) is 22.2 Å². The van der Waals surface area contributed by atoms with Crippen LogP contribution in [0.5, 0.6) is 46.0 Å². The third-order valence-electron chi connectivity index (χ3n) is 24.1. The first-order valence-corrected chi connectivity index (χ1v) is 43.5. The van der Waals surface area contributed by atoms with E-state index in [1.54, 1.807) is 112 Å². The molecule has 0 spiro atoms. The number of nitrogens with zero attached hydrogens (tertiary/aromatic N) is 17. The van der Waals surface area contributed by atoms with Crippen molar-refractivity contribution in [3.05, 3.63) is 235 Å². The van der Waals surface area contributed by atoms with Gasteiger partial charge in [0.15, 0.2) is 92.5 Å². The molecule has 3 aliphatic rings. The summed E-state index contributed by atoms with van der Waals surface area (Å²) in [6.07, 6.45) is 23.1. The standard InChI is InChI=1S/C27H29F2N5O4.C24H22F2N4O4.C24H22F2N4O3.C23H22F2N4O3/c1-4-34-21-12-20(18-15-31-33(16-18)6-5-32-7-9-38-10-8-32)30-14-17(21)11-19(27(34)35)24-25(28)22(36-2)13-23(37-3)26(24)29;1-29-11-14(10-28-29)17-7-18-13(9-27-17)6-16(24(31)30(18)15-4-5-34-12-15)21-22(25)19(32-2)8-20(33-3)23(21)26;1-29-12-15(10-28-29)17-7-18-14(9-27-17)6-16(24(31)30(18)11-13-4-5-13)21-22(25)19(32-2)8-20(33-3)23(21)26;1-12(2)29-17-7-16(14-10-27-28(3)11-14)26-9-13(17)6-15(23(29)30)20-21(24)18(31-4)8-19(32-5)22(20)25/h11-16H,4-10H2,1-3H3;6-11,15H,4-5,12H2,1-3H3;6-10,12-13H,4-5,11H2,1-3H3;6-12H,1-5H3. The molecule has 3 fully saturated rings. The first-order chi connectivity index (χ1) is 66.0. The van der Waals surface area contributed by atoms with Crippen molar-refractivity contribution >= 4 is 43.6 Å². The van der Waals surface area contributed by atoms with Crippen LogP contribution in [-0.2, 0) is 50.3 Å². The van der Waals surface area contributed by atoms with E-state index < -0.39 is 91.0 Å². The van der Waals surface area contributed by atoms with Crippen molar-refractivity contribution < 1.29 is 82.5 Å². The van der Waals surface area contributed by atoms with E-state index in [0.717, 1.165) is 98.8 Å². The number of aryl methyl sites for hydroxylation is 4. The van der Waals surface area contributed by atoms with Crippen LogP contribution in [0.15, 0.2) is 166 Å². The van der Waals surface area contributed by atoms with Crippen LogP contribution in [0, 0.1) is 52.5 Å². The molecular weight excluding hydrogens is 1790 g/mol. The Bertz CT molecular complexity index is 7470. The van der Waals surface area contributed by atoms with Crippen molar-refractivity contribution in [2.75, 3.05) is 103 Å². The van der Waals surface area contributed by atoms with Gasteiger partial charge in [0.2, 0.25) is 0 Å². The summed E-state index contributed by atoms with van der Waals surface area (Å²) in [6, 6.07) is 16.9. The van der Waals surface area contributed by atoms with Gasteiger partial charge in [-0.3, -0.25) is 62.7 Å². The van der Waals surface area contributed by atoms with Crippen LogP contribution in [0.1, 0.15) is 52.1 Å². The lowest BCUT2D eigenvalue weighted by Crippen LogP contribution is -2.38. The second kappa shape index (κ2) is 40.2. The number of methoxy groups -OCH3 is 8. The molecule has 712 valence electrons. The topological polar surface area (TPSA) is 306 Å². The minimum absolute atomic E-state index is 0.105. The van der Waals surface area contributed by atoms with Crippen LogP contribution in [0.3, 0.4) is 0 Å². The molecule has 2 aliphatic heterocycles. The highest BCUT2D eigenvalue weighted by Crippen LogP contribution is 2.44. The molecule has 4 aromatic carbocycles. The monoisotopic (exact) mass is 1890 g/mol. The highest BCUT2D eigenvalue weighted by molar-refractivity contribution is 5.91. The predicted molar refractivity (Wildman–Crippen MR) is 496 cm³/mol. The first kappa shape index (κ1) is 95.1. The summed E-state index contributed by atoms with van der Waals surface area (Å²) in [7, 11) is 15.5. The minimum Gasteiger partial charge on any atom is -0.494 e. The quantitative estimate of drug-likeness (QED) is 0.0507. The summed E-state index contributed by atoms with van der Waals surface area (Å²) >= 11 is 0. The Labute approximate surface area is 777 Å². The summed E-state index contributed by atoms with van der Waals surface area (Å²) in [5.74, 6) is -9.17. The fraction of sp³-hybridized carbons (Fsp3) is 0.306. The van der Waals surface area contributed by atoms with Crippen molar-refractivity contribution in [2.45, 2.75) is 71.8 Å². The molecule has 1 atom stereocenters. The van der Waals surface area contributed by atoms with Crippen LogP contribution in [0.2, 0.25) is 0 Å². The summed E-state index contributed by atoms with van der Waals surface area (Å²) < 4.78 is 186. The number of hydrogen-bond donors (Lipinski definition) is 0. The molecule has 0 radical (unpaired) electrons. The predicted octanol–water partition coefficient (Wildman–Crippen LogP) is 15.8. The molecule has 137 heavy (non-hydrogen) atoms. The molecule has 0 bridgehead atoms. The van der Waals surface area contributed by atoms with Crippen LogP contribution in [0.25, 0.3) is 133 Å². The lowest BCUT2D eigenvalue weighted by atomic mass is 10.0. The van der Waals surface area contributed by atoms with E-state index in [1.165, 1.54) is 90.3 Å². The molecule has 1 aliphatic carbocycles. The van der Waals surface area contributed by atoms with Gasteiger partial charge in [-0.05, 0) is 94.5 Å². The molecule has 31 nitrogen and oxygen atoms in total. The maximum atomic E-state index is 15.3. The highest BCUT2D eigenvalue weighted by atomic mass is 19.2. The van der Waals surface area contributed by atoms with Gasteiger partial charge in [-0.1, -0.05) is 0 Å². The Morgan fingerprint density at radius 1 is 0.372 bits per heavy atom. The lowest BCUT2D eigenvalue weighted by molar-refractivity contribution is 0.0360. The van der Waals surface area contributed by atoms with Gasteiger partial charge in [0.05, 0.1) is 203 Å². The highest BCUT2D eigenvalue weighted by Gasteiger charge is 2.34. The van der Waals surface area contributed by atoms with Crippen molar-refractivity contribution in [2.24, 2.45) is 27.1 Å². The Morgan fingerprint density at radius 2 is 0.708 bits per heavy atom. The second-order valence-corrected chi connectivity index (χ2v) is 32.9. The maximum Gasteiger partial charge on any atom is 0.259 e. The van der Waals surface area contributed by atoms with Crippen molar-refractivity contribution in [1.29, 1.82) is 0 Å². The van der Waals surface area contributed by atoms with E-state index >= 15 is 35.1 Å². The number of rotatable bonds is 24. The Balaban J connectivity index is 0.000000133.